The minimum atomic E-state index is -0.671. The van der Waals surface area contributed by atoms with Crippen LogP contribution >= 0.6 is 27.3 Å². The molecular weight excluding hydrogens is 406 g/mol. The molecule has 0 bridgehead atoms. The van der Waals surface area contributed by atoms with Gasteiger partial charge in [0.15, 0.2) is 11.5 Å². The lowest BCUT2D eigenvalue weighted by Gasteiger charge is -2.17. The molecule has 0 radical (unpaired) electrons. The van der Waals surface area contributed by atoms with Gasteiger partial charge in [0.05, 0.1) is 14.7 Å². The van der Waals surface area contributed by atoms with Crippen LogP contribution in [0.1, 0.15) is 35.4 Å². The maximum absolute atomic E-state index is 12.4. The van der Waals surface area contributed by atoms with Gasteiger partial charge in [-0.2, -0.15) is 0 Å². The van der Waals surface area contributed by atoms with Crippen LogP contribution in [0.4, 0.5) is 0 Å². The van der Waals surface area contributed by atoms with Crippen LogP contribution < -0.4 is 10.6 Å². The average Bonchev–Trinajstić information content (AvgIpc) is 3.20. The second-order valence-corrected chi connectivity index (χ2v) is 7.98. The fourth-order valence-corrected chi connectivity index (χ4v) is 3.62. The van der Waals surface area contributed by atoms with Crippen molar-refractivity contribution in [2.24, 2.45) is 0 Å². The molecule has 3 heterocycles. The Labute approximate surface area is 156 Å². The van der Waals surface area contributed by atoms with Crippen LogP contribution in [0.15, 0.2) is 40.3 Å². The van der Waals surface area contributed by atoms with Gasteiger partial charge in [-0.1, -0.05) is 6.07 Å². The standard InChI is InChI=1S/C16H16BrN5O2S/c1-9(14-21-20-13-5-3-4-8-22(13)14)18-15(23)10(2)19-16(24)11-6-7-12(17)25-11/h3-10H,1-2H3,(H,18,23)(H,19,24). The summed E-state index contributed by atoms with van der Waals surface area (Å²) >= 11 is 4.63. The van der Waals surface area contributed by atoms with Crippen molar-refractivity contribution < 1.29 is 9.59 Å². The number of fused-ring (bicyclic) bond motifs is 1. The van der Waals surface area contributed by atoms with Crippen molar-refractivity contribution in [2.45, 2.75) is 25.9 Å². The molecule has 0 saturated heterocycles. The molecule has 0 fully saturated rings. The lowest BCUT2D eigenvalue weighted by molar-refractivity contribution is -0.123. The third-order valence-electron chi connectivity index (χ3n) is 3.62. The second kappa shape index (κ2) is 7.32. The lowest BCUT2D eigenvalue weighted by atomic mass is 10.2. The smallest absolute Gasteiger partial charge is 0.262 e. The Balaban J connectivity index is 1.63. The summed E-state index contributed by atoms with van der Waals surface area (Å²) in [5.41, 5.74) is 0.711. The molecule has 2 unspecified atom stereocenters. The summed E-state index contributed by atoms with van der Waals surface area (Å²) in [7, 11) is 0. The largest absolute Gasteiger partial charge is 0.345 e. The highest BCUT2D eigenvalue weighted by molar-refractivity contribution is 9.11. The lowest BCUT2D eigenvalue weighted by Crippen LogP contribution is -2.45. The molecule has 7 nitrogen and oxygen atoms in total. The number of carbonyl (C=O) groups excluding carboxylic acids is 2. The molecular formula is C16H16BrN5O2S. The van der Waals surface area contributed by atoms with Gasteiger partial charge < -0.3 is 10.6 Å². The second-order valence-electron chi connectivity index (χ2n) is 5.52. The molecule has 3 rings (SSSR count). The number of carbonyl (C=O) groups is 2. The number of amides is 2. The van der Waals surface area contributed by atoms with E-state index in [4.69, 9.17) is 0 Å². The van der Waals surface area contributed by atoms with Crippen molar-refractivity contribution in [1.29, 1.82) is 0 Å². The SMILES string of the molecule is CC(NC(=O)c1ccc(Br)s1)C(=O)NC(C)c1nnc2ccccn12. The van der Waals surface area contributed by atoms with Gasteiger partial charge in [-0.05, 0) is 54.0 Å². The van der Waals surface area contributed by atoms with Crippen molar-refractivity contribution in [1.82, 2.24) is 25.2 Å². The summed E-state index contributed by atoms with van der Waals surface area (Å²) in [6.45, 7) is 3.47. The van der Waals surface area contributed by atoms with Crippen LogP contribution in [-0.2, 0) is 4.79 Å². The highest BCUT2D eigenvalue weighted by Crippen LogP contribution is 2.22. The number of halogens is 1. The molecule has 3 aromatic heterocycles. The Kier molecular flexibility index (Phi) is 5.14. The third kappa shape index (κ3) is 3.88. The maximum atomic E-state index is 12.4. The molecule has 25 heavy (non-hydrogen) atoms. The number of nitrogens with one attached hydrogen (secondary N) is 2. The van der Waals surface area contributed by atoms with Crippen molar-refractivity contribution in [3.05, 3.63) is 51.0 Å². The van der Waals surface area contributed by atoms with Crippen LogP contribution in [0.5, 0.6) is 0 Å². The van der Waals surface area contributed by atoms with E-state index in [0.29, 0.717) is 16.3 Å². The highest BCUT2D eigenvalue weighted by atomic mass is 79.9. The van der Waals surface area contributed by atoms with Crippen LogP contribution in [0.25, 0.3) is 5.65 Å². The van der Waals surface area contributed by atoms with Gasteiger partial charge in [-0.3, -0.25) is 14.0 Å². The van der Waals surface area contributed by atoms with E-state index in [9.17, 15) is 9.59 Å². The van der Waals surface area contributed by atoms with Gasteiger partial charge in [-0.25, -0.2) is 0 Å². The molecule has 0 aromatic carbocycles. The molecule has 0 saturated carbocycles. The van der Waals surface area contributed by atoms with Gasteiger partial charge >= 0.3 is 0 Å². The Hall–Kier alpha value is -2.26. The van der Waals surface area contributed by atoms with E-state index in [1.807, 2.05) is 35.7 Å². The zero-order valence-corrected chi connectivity index (χ0v) is 16.0. The monoisotopic (exact) mass is 421 g/mol. The minimum absolute atomic E-state index is 0.279. The predicted molar refractivity (Wildman–Crippen MR) is 98.5 cm³/mol. The molecule has 9 heteroatoms. The van der Waals surface area contributed by atoms with E-state index in [1.54, 1.807) is 19.1 Å². The van der Waals surface area contributed by atoms with Crippen molar-refractivity contribution in [2.75, 3.05) is 0 Å². The zero-order chi connectivity index (χ0) is 18.0. The Morgan fingerprint density at radius 3 is 2.68 bits per heavy atom. The molecule has 2 N–H and O–H groups in total. The van der Waals surface area contributed by atoms with Crippen molar-refractivity contribution in [3.8, 4) is 0 Å². The first-order chi connectivity index (χ1) is 12.0. The fraction of sp³-hybridized carbons (Fsp3) is 0.250. The zero-order valence-electron chi connectivity index (χ0n) is 13.6. The van der Waals surface area contributed by atoms with E-state index in [2.05, 4.69) is 36.8 Å². The van der Waals surface area contributed by atoms with Crippen LogP contribution in [0.3, 0.4) is 0 Å². The topological polar surface area (TPSA) is 88.4 Å². The number of nitrogens with zero attached hydrogens (tertiary/aromatic N) is 3. The molecule has 130 valence electrons. The third-order valence-corrected chi connectivity index (χ3v) is 5.25. The average molecular weight is 422 g/mol. The summed E-state index contributed by atoms with van der Waals surface area (Å²) in [5.74, 6) is 0.0627. The maximum Gasteiger partial charge on any atom is 0.262 e. The summed E-state index contributed by atoms with van der Waals surface area (Å²) in [6, 6.07) is 8.07. The van der Waals surface area contributed by atoms with E-state index in [1.165, 1.54) is 11.3 Å². The van der Waals surface area contributed by atoms with Crippen LogP contribution in [0.2, 0.25) is 0 Å². The molecule has 0 aliphatic rings. The first-order valence-corrected chi connectivity index (χ1v) is 9.23. The molecule has 2 amide bonds. The summed E-state index contributed by atoms with van der Waals surface area (Å²) in [5, 5.41) is 13.7. The number of rotatable bonds is 5. The molecule has 0 aliphatic heterocycles. The van der Waals surface area contributed by atoms with Gasteiger partial charge in [0.1, 0.15) is 6.04 Å². The highest BCUT2D eigenvalue weighted by Gasteiger charge is 2.21. The molecule has 0 aliphatic carbocycles. The Morgan fingerprint density at radius 2 is 1.96 bits per heavy atom. The van der Waals surface area contributed by atoms with E-state index in [0.717, 1.165) is 3.79 Å². The number of hydrogen-bond donors (Lipinski definition) is 2. The first kappa shape index (κ1) is 17.6. The number of aromatic nitrogens is 3. The molecule has 0 spiro atoms. The van der Waals surface area contributed by atoms with E-state index >= 15 is 0 Å². The first-order valence-electron chi connectivity index (χ1n) is 7.62. The number of hydrogen-bond acceptors (Lipinski definition) is 5. The van der Waals surface area contributed by atoms with Crippen molar-refractivity contribution in [3.63, 3.8) is 0 Å². The van der Waals surface area contributed by atoms with Crippen LogP contribution in [0, 0.1) is 0 Å². The summed E-state index contributed by atoms with van der Waals surface area (Å²) in [6.07, 6.45) is 1.84. The number of thiophene rings is 1. The summed E-state index contributed by atoms with van der Waals surface area (Å²) in [4.78, 5) is 25.0. The fourth-order valence-electron chi connectivity index (χ4n) is 2.33. The quantitative estimate of drug-likeness (QED) is 0.662. The molecule has 3 aromatic rings. The number of pyridine rings is 1. The Bertz CT molecular complexity index is 922. The van der Waals surface area contributed by atoms with E-state index in [-0.39, 0.29) is 17.9 Å². The van der Waals surface area contributed by atoms with Gasteiger partial charge in [0.25, 0.3) is 5.91 Å². The van der Waals surface area contributed by atoms with Gasteiger partial charge in [0.2, 0.25) is 5.91 Å². The van der Waals surface area contributed by atoms with Crippen molar-refractivity contribution >= 4 is 44.7 Å². The Morgan fingerprint density at radius 1 is 1.16 bits per heavy atom. The summed E-state index contributed by atoms with van der Waals surface area (Å²) < 4.78 is 2.68. The normalized spacial score (nSPS) is 13.4. The van der Waals surface area contributed by atoms with Gasteiger partial charge in [-0.15, -0.1) is 21.5 Å². The van der Waals surface area contributed by atoms with Gasteiger partial charge in [0, 0.05) is 6.20 Å². The minimum Gasteiger partial charge on any atom is -0.345 e. The molecule has 2 atom stereocenters. The predicted octanol–water partition coefficient (Wildman–Crippen LogP) is 2.55. The van der Waals surface area contributed by atoms with E-state index < -0.39 is 6.04 Å². The van der Waals surface area contributed by atoms with Crippen LogP contribution in [-0.4, -0.2) is 32.5 Å².